The Kier molecular flexibility index (Phi) is 5.93. The van der Waals surface area contributed by atoms with Crippen LogP contribution in [0.4, 0.5) is 11.5 Å². The van der Waals surface area contributed by atoms with Gasteiger partial charge in [0.25, 0.3) is 11.6 Å². The second kappa shape index (κ2) is 9.30. The number of nitrogen functional groups attached to an aromatic ring is 1. The average Bonchev–Trinajstić information content (AvgIpc) is 3.45. The standard InChI is InChI=1S/C20H15N9O4/c21-18-19(26-33-25-18)28-17(14-8-10-15(11-9-14)29(31)32)16(23-27-28)20(30)24-22-12-4-7-13-5-2-1-3-6-13/h1-12H,(H2,21,25)(H,24,30)/b7-4+,22-12-. The molecule has 2 aromatic heterocycles. The number of nitrogens with one attached hydrogen (secondary N) is 1. The predicted molar refractivity (Wildman–Crippen MR) is 117 cm³/mol. The van der Waals surface area contributed by atoms with Crippen LogP contribution in [0.15, 0.2) is 70.4 Å². The minimum absolute atomic E-state index is 0.00389. The topological polar surface area (TPSA) is 180 Å². The lowest BCUT2D eigenvalue weighted by Gasteiger charge is -2.05. The van der Waals surface area contributed by atoms with Crippen LogP contribution in [0.2, 0.25) is 0 Å². The number of nitro groups is 1. The van der Waals surface area contributed by atoms with Crippen LogP contribution in [-0.4, -0.2) is 42.4 Å². The highest BCUT2D eigenvalue weighted by Crippen LogP contribution is 2.28. The van der Waals surface area contributed by atoms with Gasteiger partial charge in [-0.15, -0.1) is 5.10 Å². The fourth-order valence-electron chi connectivity index (χ4n) is 2.83. The summed E-state index contributed by atoms with van der Waals surface area (Å²) in [4.78, 5) is 23.2. The van der Waals surface area contributed by atoms with E-state index in [1.807, 2.05) is 36.4 Å². The molecule has 3 N–H and O–H groups in total. The molecule has 0 aliphatic rings. The van der Waals surface area contributed by atoms with Gasteiger partial charge in [0, 0.05) is 23.9 Å². The van der Waals surface area contributed by atoms with E-state index in [9.17, 15) is 14.9 Å². The summed E-state index contributed by atoms with van der Waals surface area (Å²) >= 11 is 0. The molecule has 1 amide bonds. The second-order valence-electron chi connectivity index (χ2n) is 6.46. The van der Waals surface area contributed by atoms with Crippen molar-refractivity contribution in [2.24, 2.45) is 5.10 Å². The molecule has 164 valence electrons. The number of hydrazone groups is 1. The van der Waals surface area contributed by atoms with Crippen molar-refractivity contribution in [3.05, 3.63) is 82.0 Å². The third-order valence-electron chi connectivity index (χ3n) is 4.35. The highest BCUT2D eigenvalue weighted by molar-refractivity contribution is 5.98. The summed E-state index contributed by atoms with van der Waals surface area (Å²) in [6.45, 7) is 0. The van der Waals surface area contributed by atoms with Crippen molar-refractivity contribution < 1.29 is 14.3 Å². The number of non-ortho nitro benzene ring substituents is 1. The van der Waals surface area contributed by atoms with Gasteiger partial charge >= 0.3 is 0 Å². The fraction of sp³-hybridized carbons (Fsp3) is 0. The van der Waals surface area contributed by atoms with Gasteiger partial charge in [-0.3, -0.25) is 14.9 Å². The number of carbonyl (C=O) groups is 1. The number of anilines is 1. The van der Waals surface area contributed by atoms with E-state index >= 15 is 0 Å². The van der Waals surface area contributed by atoms with Crippen molar-refractivity contribution in [3.8, 4) is 17.1 Å². The first kappa shape index (κ1) is 21.0. The molecule has 4 rings (SSSR count). The summed E-state index contributed by atoms with van der Waals surface area (Å²) in [6.07, 6.45) is 4.88. The van der Waals surface area contributed by atoms with Crippen LogP contribution < -0.4 is 11.2 Å². The summed E-state index contributed by atoms with van der Waals surface area (Å²) < 4.78 is 5.76. The number of nitrogens with two attached hydrogens (primary N) is 1. The number of hydrogen-bond donors (Lipinski definition) is 2. The first-order valence-corrected chi connectivity index (χ1v) is 9.38. The Bertz CT molecular complexity index is 1340. The monoisotopic (exact) mass is 445 g/mol. The number of carbonyl (C=O) groups excluding carboxylic acids is 1. The van der Waals surface area contributed by atoms with Gasteiger partial charge in [-0.05, 0) is 34.1 Å². The van der Waals surface area contributed by atoms with Crippen LogP contribution in [0.3, 0.4) is 0 Å². The molecule has 0 saturated carbocycles. The van der Waals surface area contributed by atoms with Gasteiger partial charge in [0.05, 0.1) is 4.92 Å². The zero-order valence-corrected chi connectivity index (χ0v) is 16.8. The van der Waals surface area contributed by atoms with Crippen molar-refractivity contribution in [1.29, 1.82) is 0 Å². The molecule has 0 unspecified atom stereocenters. The normalized spacial score (nSPS) is 11.3. The van der Waals surface area contributed by atoms with Crippen molar-refractivity contribution in [1.82, 2.24) is 30.7 Å². The minimum atomic E-state index is -0.672. The van der Waals surface area contributed by atoms with E-state index in [-0.39, 0.29) is 28.7 Å². The van der Waals surface area contributed by atoms with Crippen LogP contribution in [-0.2, 0) is 0 Å². The molecule has 0 bridgehead atoms. The summed E-state index contributed by atoms with van der Waals surface area (Å²) in [5, 5.41) is 29.9. The number of amides is 1. The van der Waals surface area contributed by atoms with Gasteiger partial charge in [0.2, 0.25) is 11.6 Å². The molecule has 0 aliphatic heterocycles. The van der Waals surface area contributed by atoms with E-state index in [2.05, 4.69) is 35.8 Å². The van der Waals surface area contributed by atoms with E-state index in [1.54, 1.807) is 6.08 Å². The first-order chi connectivity index (χ1) is 16.0. The van der Waals surface area contributed by atoms with Crippen molar-refractivity contribution in [2.75, 3.05) is 5.73 Å². The zero-order valence-electron chi connectivity index (χ0n) is 16.8. The van der Waals surface area contributed by atoms with E-state index in [1.165, 1.54) is 30.5 Å². The number of allylic oxidation sites excluding steroid dienone is 1. The number of aromatic nitrogens is 5. The molecule has 4 aromatic rings. The Morgan fingerprint density at radius 1 is 1.15 bits per heavy atom. The average molecular weight is 445 g/mol. The molecule has 0 aliphatic carbocycles. The van der Waals surface area contributed by atoms with Gasteiger partial charge < -0.3 is 5.73 Å². The number of rotatable bonds is 7. The third kappa shape index (κ3) is 4.61. The zero-order chi connectivity index (χ0) is 23.2. The maximum Gasteiger partial charge on any atom is 0.294 e. The molecule has 0 saturated heterocycles. The lowest BCUT2D eigenvalue weighted by Crippen LogP contribution is -2.19. The Hall–Kier alpha value is -5.20. The lowest BCUT2D eigenvalue weighted by molar-refractivity contribution is -0.384. The van der Waals surface area contributed by atoms with E-state index in [4.69, 9.17) is 5.73 Å². The van der Waals surface area contributed by atoms with Crippen molar-refractivity contribution in [3.63, 3.8) is 0 Å². The van der Waals surface area contributed by atoms with Crippen molar-refractivity contribution in [2.45, 2.75) is 0 Å². The number of nitrogens with zero attached hydrogens (tertiary/aromatic N) is 7. The molecular formula is C20H15N9O4. The maximum absolute atomic E-state index is 12.8. The van der Waals surface area contributed by atoms with Crippen LogP contribution in [0.25, 0.3) is 23.2 Å². The molecule has 33 heavy (non-hydrogen) atoms. The number of nitro benzene ring substituents is 1. The fourth-order valence-corrected chi connectivity index (χ4v) is 2.83. The largest absolute Gasteiger partial charge is 0.378 e. The van der Waals surface area contributed by atoms with Crippen LogP contribution in [0.1, 0.15) is 16.1 Å². The second-order valence-corrected chi connectivity index (χ2v) is 6.46. The number of benzene rings is 2. The molecule has 2 heterocycles. The third-order valence-corrected chi connectivity index (χ3v) is 4.35. The molecular weight excluding hydrogens is 430 g/mol. The lowest BCUT2D eigenvalue weighted by atomic mass is 10.1. The number of hydrogen-bond acceptors (Lipinski definition) is 10. The Morgan fingerprint density at radius 2 is 1.91 bits per heavy atom. The van der Waals surface area contributed by atoms with E-state index in [0.717, 1.165) is 10.2 Å². The van der Waals surface area contributed by atoms with Gasteiger partial charge in [-0.1, -0.05) is 41.6 Å². The summed E-state index contributed by atoms with van der Waals surface area (Å²) in [6, 6.07) is 15.0. The quantitative estimate of drug-likeness (QED) is 0.245. The van der Waals surface area contributed by atoms with Crippen molar-refractivity contribution >= 4 is 29.7 Å². The molecule has 0 atom stereocenters. The molecule has 13 heteroatoms. The summed E-state index contributed by atoms with van der Waals surface area (Å²) in [5.41, 5.74) is 9.41. The first-order valence-electron chi connectivity index (χ1n) is 9.38. The van der Waals surface area contributed by atoms with Gasteiger partial charge in [-0.25, -0.2) is 10.1 Å². The molecule has 2 aromatic carbocycles. The van der Waals surface area contributed by atoms with Gasteiger partial charge in [-0.2, -0.15) is 9.78 Å². The van der Waals surface area contributed by atoms with E-state index < -0.39 is 10.8 Å². The van der Waals surface area contributed by atoms with Crippen LogP contribution in [0, 0.1) is 10.1 Å². The SMILES string of the molecule is Nc1nonc1-n1nnc(C(=O)N/N=C\C=C\c2ccccc2)c1-c1ccc([N+](=O)[O-])cc1. The van der Waals surface area contributed by atoms with Gasteiger partial charge in [0.15, 0.2) is 5.69 Å². The summed E-state index contributed by atoms with van der Waals surface area (Å²) in [5.74, 6) is -0.753. The molecule has 0 radical (unpaired) electrons. The maximum atomic E-state index is 12.8. The molecule has 0 spiro atoms. The van der Waals surface area contributed by atoms with E-state index in [0.29, 0.717) is 5.56 Å². The Balaban J connectivity index is 1.62. The molecule has 13 nitrogen and oxygen atoms in total. The summed E-state index contributed by atoms with van der Waals surface area (Å²) in [7, 11) is 0. The minimum Gasteiger partial charge on any atom is -0.378 e. The molecule has 0 fully saturated rings. The highest BCUT2D eigenvalue weighted by Gasteiger charge is 2.25. The van der Waals surface area contributed by atoms with Crippen LogP contribution in [0.5, 0.6) is 0 Å². The Labute approximate surface area is 185 Å². The van der Waals surface area contributed by atoms with Crippen LogP contribution >= 0.6 is 0 Å². The van der Waals surface area contributed by atoms with Gasteiger partial charge in [0.1, 0.15) is 5.69 Å². The Morgan fingerprint density at radius 3 is 2.58 bits per heavy atom. The smallest absolute Gasteiger partial charge is 0.294 e. The predicted octanol–water partition coefficient (Wildman–Crippen LogP) is 2.24. The highest BCUT2D eigenvalue weighted by atomic mass is 16.6.